The summed E-state index contributed by atoms with van der Waals surface area (Å²) in [6.45, 7) is 0. The van der Waals surface area contributed by atoms with E-state index in [1.165, 1.54) is 24.5 Å². The maximum absolute atomic E-state index is 13.5. The average Bonchev–Trinajstić information content (AvgIpc) is 2.42. The molecule has 0 aliphatic heterocycles. The number of halogens is 1. The predicted octanol–water partition coefficient (Wildman–Crippen LogP) is 2.17. The number of carboxylic acid groups (broad SMARTS) is 1. The van der Waals surface area contributed by atoms with Crippen molar-refractivity contribution >= 4 is 17.6 Å². The Morgan fingerprint density at radius 2 is 1.79 bits per heavy atom. The van der Waals surface area contributed by atoms with E-state index >= 15 is 0 Å². The fourth-order valence-electron chi connectivity index (χ4n) is 1.45. The third-order valence-electron chi connectivity index (χ3n) is 2.40. The second kappa shape index (κ2) is 5.26. The van der Waals surface area contributed by atoms with E-state index in [1.54, 1.807) is 0 Å². The molecular formula is C13H9FN2O3. The van der Waals surface area contributed by atoms with Crippen LogP contribution in [0.1, 0.15) is 20.7 Å². The van der Waals surface area contributed by atoms with Crippen LogP contribution in [0.15, 0.2) is 42.7 Å². The van der Waals surface area contributed by atoms with E-state index in [-0.39, 0.29) is 11.3 Å². The van der Waals surface area contributed by atoms with Crippen LogP contribution >= 0.6 is 0 Å². The number of hydrogen-bond donors (Lipinski definition) is 2. The number of anilines is 1. The van der Waals surface area contributed by atoms with Gasteiger partial charge in [-0.2, -0.15) is 0 Å². The molecule has 0 bridgehead atoms. The molecule has 0 radical (unpaired) electrons. The highest BCUT2D eigenvalue weighted by Crippen LogP contribution is 2.17. The quantitative estimate of drug-likeness (QED) is 0.886. The van der Waals surface area contributed by atoms with Gasteiger partial charge >= 0.3 is 5.97 Å². The first-order valence-electron chi connectivity index (χ1n) is 5.32. The fourth-order valence-corrected chi connectivity index (χ4v) is 1.45. The number of rotatable bonds is 3. The van der Waals surface area contributed by atoms with Crippen LogP contribution < -0.4 is 5.32 Å². The van der Waals surface area contributed by atoms with Gasteiger partial charge < -0.3 is 10.4 Å². The van der Waals surface area contributed by atoms with Gasteiger partial charge in [-0.3, -0.25) is 9.78 Å². The first-order chi connectivity index (χ1) is 9.08. The highest BCUT2D eigenvalue weighted by Gasteiger charge is 2.12. The fraction of sp³-hybridized carbons (Fsp3) is 0. The number of carbonyl (C=O) groups excluding carboxylic acids is 1. The topological polar surface area (TPSA) is 79.3 Å². The second-order valence-electron chi connectivity index (χ2n) is 3.69. The molecule has 0 unspecified atom stereocenters. The molecule has 0 saturated heterocycles. The second-order valence-corrected chi connectivity index (χ2v) is 3.69. The first kappa shape index (κ1) is 12.7. The van der Waals surface area contributed by atoms with Gasteiger partial charge in [-0.25, -0.2) is 9.18 Å². The summed E-state index contributed by atoms with van der Waals surface area (Å²) >= 11 is 0. The van der Waals surface area contributed by atoms with Gasteiger partial charge in [0, 0.05) is 18.0 Å². The summed E-state index contributed by atoms with van der Waals surface area (Å²) in [4.78, 5) is 26.3. The van der Waals surface area contributed by atoms with Crippen molar-refractivity contribution in [3.05, 3.63) is 59.7 Å². The lowest BCUT2D eigenvalue weighted by atomic mass is 10.2. The van der Waals surface area contributed by atoms with Gasteiger partial charge in [0.15, 0.2) is 0 Å². The van der Waals surface area contributed by atoms with Crippen LogP contribution in [0.5, 0.6) is 0 Å². The van der Waals surface area contributed by atoms with Crippen LogP contribution in [0.2, 0.25) is 0 Å². The van der Waals surface area contributed by atoms with Gasteiger partial charge in [0.05, 0.1) is 11.3 Å². The first-order valence-corrected chi connectivity index (χ1v) is 5.32. The molecule has 5 nitrogen and oxygen atoms in total. The van der Waals surface area contributed by atoms with Gasteiger partial charge in [0.1, 0.15) is 5.82 Å². The van der Waals surface area contributed by atoms with Crippen molar-refractivity contribution in [3.8, 4) is 0 Å². The zero-order chi connectivity index (χ0) is 13.8. The lowest BCUT2D eigenvalue weighted by Gasteiger charge is -2.07. The molecule has 6 heteroatoms. The largest absolute Gasteiger partial charge is 0.478 e. The van der Waals surface area contributed by atoms with Crippen LogP contribution in [-0.4, -0.2) is 22.0 Å². The smallest absolute Gasteiger partial charge is 0.335 e. The number of amides is 1. The van der Waals surface area contributed by atoms with Gasteiger partial charge in [-0.15, -0.1) is 0 Å². The standard InChI is InChI=1S/C13H9FN2O3/c14-10-2-1-9(13(18)19)7-11(10)16-12(17)8-3-5-15-6-4-8/h1-7H,(H,16,17)(H,18,19). The minimum absolute atomic E-state index is 0.105. The molecule has 2 aromatic rings. The van der Waals surface area contributed by atoms with Crippen molar-refractivity contribution in [2.24, 2.45) is 0 Å². The Morgan fingerprint density at radius 3 is 2.42 bits per heavy atom. The van der Waals surface area contributed by atoms with Crippen molar-refractivity contribution in [2.75, 3.05) is 5.32 Å². The van der Waals surface area contributed by atoms with Crippen LogP contribution in [0.25, 0.3) is 0 Å². The molecule has 1 aromatic carbocycles. The summed E-state index contributed by atoms with van der Waals surface area (Å²) in [7, 11) is 0. The van der Waals surface area contributed by atoms with Crippen LogP contribution in [-0.2, 0) is 0 Å². The molecule has 0 aliphatic carbocycles. The lowest BCUT2D eigenvalue weighted by Crippen LogP contribution is -2.13. The molecule has 19 heavy (non-hydrogen) atoms. The zero-order valence-corrected chi connectivity index (χ0v) is 9.63. The van der Waals surface area contributed by atoms with E-state index in [4.69, 9.17) is 5.11 Å². The highest BCUT2D eigenvalue weighted by molar-refractivity contribution is 6.04. The maximum Gasteiger partial charge on any atom is 0.335 e. The van der Waals surface area contributed by atoms with Gasteiger partial charge in [0.25, 0.3) is 5.91 Å². The lowest BCUT2D eigenvalue weighted by molar-refractivity contribution is 0.0696. The van der Waals surface area contributed by atoms with Crippen molar-refractivity contribution in [1.82, 2.24) is 4.98 Å². The van der Waals surface area contributed by atoms with Gasteiger partial charge in [0.2, 0.25) is 0 Å². The van der Waals surface area contributed by atoms with Crippen LogP contribution in [0.3, 0.4) is 0 Å². The van der Waals surface area contributed by atoms with E-state index < -0.39 is 17.7 Å². The maximum atomic E-state index is 13.5. The zero-order valence-electron chi connectivity index (χ0n) is 9.63. The third kappa shape index (κ3) is 2.92. The molecule has 2 N–H and O–H groups in total. The van der Waals surface area contributed by atoms with Crippen molar-refractivity contribution in [1.29, 1.82) is 0 Å². The molecule has 0 fully saturated rings. The minimum Gasteiger partial charge on any atom is -0.478 e. The van der Waals surface area contributed by atoms with E-state index in [0.29, 0.717) is 5.56 Å². The summed E-state index contributed by atoms with van der Waals surface area (Å²) in [6.07, 6.45) is 2.86. The average molecular weight is 260 g/mol. The molecule has 0 spiro atoms. The number of nitrogens with zero attached hydrogens (tertiary/aromatic N) is 1. The number of nitrogens with one attached hydrogen (secondary N) is 1. The van der Waals surface area contributed by atoms with Crippen molar-refractivity contribution in [2.45, 2.75) is 0 Å². The number of benzene rings is 1. The highest BCUT2D eigenvalue weighted by atomic mass is 19.1. The van der Waals surface area contributed by atoms with Gasteiger partial charge in [-0.05, 0) is 30.3 Å². The monoisotopic (exact) mass is 260 g/mol. The number of pyridine rings is 1. The molecule has 1 aromatic heterocycles. The molecule has 0 aliphatic rings. The molecular weight excluding hydrogens is 251 g/mol. The Balaban J connectivity index is 2.26. The molecule has 1 heterocycles. The number of aromatic carboxylic acids is 1. The summed E-state index contributed by atoms with van der Waals surface area (Å²) < 4.78 is 13.5. The molecule has 0 atom stereocenters. The number of aromatic nitrogens is 1. The number of hydrogen-bond acceptors (Lipinski definition) is 3. The van der Waals surface area contributed by atoms with E-state index in [0.717, 1.165) is 18.2 Å². The summed E-state index contributed by atoms with van der Waals surface area (Å²) in [5, 5.41) is 11.1. The molecule has 2 rings (SSSR count). The Hall–Kier alpha value is -2.76. The molecule has 1 amide bonds. The Labute approximate surface area is 107 Å². The summed E-state index contributed by atoms with van der Waals surface area (Å²) in [5.74, 6) is -2.43. The van der Waals surface area contributed by atoms with E-state index in [1.807, 2.05) is 0 Å². The predicted molar refractivity (Wildman–Crippen MR) is 65.5 cm³/mol. The van der Waals surface area contributed by atoms with Crippen molar-refractivity contribution < 1.29 is 19.1 Å². The SMILES string of the molecule is O=C(O)c1ccc(F)c(NC(=O)c2ccncc2)c1. The molecule has 96 valence electrons. The van der Waals surface area contributed by atoms with Crippen LogP contribution in [0.4, 0.5) is 10.1 Å². The summed E-state index contributed by atoms with van der Waals surface area (Å²) in [5.41, 5.74) is 0.0169. The Bertz CT molecular complexity index is 629. The van der Waals surface area contributed by atoms with E-state index in [9.17, 15) is 14.0 Å². The van der Waals surface area contributed by atoms with E-state index in [2.05, 4.69) is 10.3 Å². The van der Waals surface area contributed by atoms with Crippen LogP contribution in [0, 0.1) is 5.82 Å². The Morgan fingerprint density at radius 1 is 1.11 bits per heavy atom. The minimum atomic E-state index is -1.19. The number of carbonyl (C=O) groups is 2. The Kier molecular flexibility index (Phi) is 3.51. The van der Waals surface area contributed by atoms with Gasteiger partial charge in [-0.1, -0.05) is 0 Å². The summed E-state index contributed by atoms with van der Waals surface area (Å²) in [6, 6.07) is 6.12. The number of carboxylic acids is 1. The molecule has 0 saturated carbocycles. The normalized spacial score (nSPS) is 9.95. The van der Waals surface area contributed by atoms with Crippen molar-refractivity contribution in [3.63, 3.8) is 0 Å². The third-order valence-corrected chi connectivity index (χ3v) is 2.40.